The van der Waals surface area contributed by atoms with Crippen LogP contribution in [0.3, 0.4) is 0 Å². The topological polar surface area (TPSA) is 114 Å². The van der Waals surface area contributed by atoms with Gasteiger partial charge in [-0.3, -0.25) is 0 Å². The number of rotatable bonds is 5. The van der Waals surface area contributed by atoms with Gasteiger partial charge in [0.2, 0.25) is 0 Å². The summed E-state index contributed by atoms with van der Waals surface area (Å²) < 4.78 is 31.5. The molecule has 0 fully saturated rings. The third kappa shape index (κ3) is 6.93. The fourth-order valence-electron chi connectivity index (χ4n) is 1.34. The van der Waals surface area contributed by atoms with Crippen molar-refractivity contribution < 1.29 is 17.9 Å². The summed E-state index contributed by atoms with van der Waals surface area (Å²) in [6, 6.07) is 3.74. The fourth-order valence-corrected chi connectivity index (χ4v) is 1.98. The molecule has 0 saturated heterocycles. The van der Waals surface area contributed by atoms with E-state index in [-0.39, 0.29) is 11.4 Å². The lowest BCUT2D eigenvalue weighted by atomic mass is 10.3. The average Bonchev–Trinajstić information content (AvgIpc) is 2.32. The first-order chi connectivity index (χ1) is 9.22. The van der Waals surface area contributed by atoms with E-state index >= 15 is 0 Å². The van der Waals surface area contributed by atoms with Crippen LogP contribution in [-0.2, 0) is 10.1 Å². The Kier molecular flexibility index (Phi) is 7.60. The molecule has 1 aromatic carbocycles. The Balaban J connectivity index is 0.000000396. The normalized spacial score (nSPS) is 10.6. The summed E-state index contributed by atoms with van der Waals surface area (Å²) in [5.41, 5.74) is 10.6. The Morgan fingerprint density at radius 3 is 2.10 bits per heavy atom. The second-order valence-electron chi connectivity index (χ2n) is 4.19. The molecule has 1 rings (SSSR count). The number of nitrogen functional groups attached to an aromatic ring is 2. The maximum atomic E-state index is 10.5. The zero-order chi connectivity index (χ0) is 15.8. The minimum atomic E-state index is -4.51. The second-order valence-corrected chi connectivity index (χ2v) is 5.54. The van der Waals surface area contributed by atoms with E-state index in [0.717, 1.165) is 19.2 Å². The molecule has 0 saturated carbocycles. The summed E-state index contributed by atoms with van der Waals surface area (Å²) in [7, 11) is -2.40. The highest BCUT2D eigenvalue weighted by molar-refractivity contribution is 7.86. The van der Waals surface area contributed by atoms with Crippen LogP contribution in [0.2, 0.25) is 0 Å². The summed E-state index contributed by atoms with van der Waals surface area (Å²) in [6.45, 7) is 9.30. The summed E-state index contributed by atoms with van der Waals surface area (Å²) in [5.74, 6) is 0. The van der Waals surface area contributed by atoms with Crippen LogP contribution in [0.5, 0.6) is 0 Å². The maximum absolute atomic E-state index is 10.5. The van der Waals surface area contributed by atoms with E-state index in [1.165, 1.54) is 17.0 Å². The minimum absolute atomic E-state index is 0.0841. The molecular weight excluding hydrogens is 278 g/mol. The number of hydrogen-bond donors (Lipinski definition) is 3. The quantitative estimate of drug-likeness (QED) is 0.390. The van der Waals surface area contributed by atoms with Gasteiger partial charge >= 0.3 is 0 Å². The Morgan fingerprint density at radius 1 is 1.25 bits per heavy atom. The molecule has 0 heterocycles. The van der Waals surface area contributed by atoms with Gasteiger partial charge in [-0.25, -0.2) is 8.42 Å². The molecule has 1 aromatic rings. The van der Waals surface area contributed by atoms with Crippen LogP contribution in [0.4, 0.5) is 11.4 Å². The molecule has 0 atom stereocenters. The van der Waals surface area contributed by atoms with Crippen molar-refractivity contribution in [1.29, 1.82) is 0 Å². The second kappa shape index (κ2) is 8.36. The van der Waals surface area contributed by atoms with E-state index in [1.807, 2.05) is 12.2 Å². The Hall–Kier alpha value is -1.83. The summed E-state index contributed by atoms with van der Waals surface area (Å²) in [6.07, 6.45) is 3.83. The van der Waals surface area contributed by atoms with E-state index in [4.69, 9.17) is 11.5 Å². The third-order valence-electron chi connectivity index (χ3n) is 2.29. The number of nitrogens with two attached hydrogens (primary N) is 2. The van der Waals surface area contributed by atoms with Crippen LogP contribution in [0, 0.1) is 0 Å². The van der Waals surface area contributed by atoms with Gasteiger partial charge in [-0.2, -0.15) is 0 Å². The minimum Gasteiger partial charge on any atom is -0.744 e. The van der Waals surface area contributed by atoms with Gasteiger partial charge in [0, 0.05) is 11.4 Å². The highest BCUT2D eigenvalue weighted by Gasteiger charge is 2.05. The van der Waals surface area contributed by atoms with E-state index in [2.05, 4.69) is 20.2 Å². The molecule has 0 aliphatic rings. The summed E-state index contributed by atoms with van der Waals surface area (Å²) >= 11 is 0. The lowest BCUT2D eigenvalue weighted by molar-refractivity contribution is -0.866. The molecule has 0 bridgehead atoms. The molecule has 0 unspecified atom stereocenters. The van der Waals surface area contributed by atoms with Crippen LogP contribution in [0.25, 0.3) is 0 Å². The SMILES string of the molecule is C=CC[NH+](C)CC=C.Nc1ccc(N)c(S(=O)(=O)[O-])c1. The van der Waals surface area contributed by atoms with Crippen molar-refractivity contribution in [3.05, 3.63) is 43.5 Å². The Labute approximate surface area is 120 Å². The Morgan fingerprint density at radius 2 is 1.75 bits per heavy atom. The monoisotopic (exact) mass is 299 g/mol. The number of benzene rings is 1. The van der Waals surface area contributed by atoms with Crippen molar-refractivity contribution in [2.45, 2.75) is 4.90 Å². The summed E-state index contributed by atoms with van der Waals surface area (Å²) in [4.78, 5) is 0.956. The van der Waals surface area contributed by atoms with Gasteiger partial charge in [0.1, 0.15) is 10.1 Å². The fraction of sp³-hybridized carbons (Fsp3) is 0.231. The first-order valence-electron chi connectivity index (χ1n) is 5.86. The number of likely N-dealkylation sites (N-methyl/N-ethyl adjacent to an activating group) is 1. The van der Waals surface area contributed by atoms with E-state index in [9.17, 15) is 13.0 Å². The van der Waals surface area contributed by atoms with Crippen LogP contribution in [0.15, 0.2) is 48.4 Å². The molecule has 6 nitrogen and oxygen atoms in total. The zero-order valence-corrected chi connectivity index (χ0v) is 12.3. The molecule has 0 aliphatic carbocycles. The van der Waals surface area contributed by atoms with E-state index in [1.54, 1.807) is 0 Å². The predicted molar refractivity (Wildman–Crippen MR) is 80.2 cm³/mol. The molecule has 112 valence electrons. The van der Waals surface area contributed by atoms with Gasteiger partial charge in [-0.15, -0.1) is 0 Å². The number of quaternary nitrogens is 1. The average molecular weight is 299 g/mol. The molecule has 0 amide bonds. The van der Waals surface area contributed by atoms with Crippen LogP contribution >= 0.6 is 0 Å². The van der Waals surface area contributed by atoms with Gasteiger partial charge < -0.3 is 20.9 Å². The lowest BCUT2D eigenvalue weighted by Gasteiger charge is -2.09. The first-order valence-corrected chi connectivity index (χ1v) is 7.27. The molecule has 0 aromatic heterocycles. The first kappa shape index (κ1) is 18.2. The van der Waals surface area contributed by atoms with Crippen molar-refractivity contribution in [1.82, 2.24) is 0 Å². The highest BCUT2D eigenvalue weighted by atomic mass is 32.2. The molecule has 0 aliphatic heterocycles. The Bertz CT molecular complexity index is 546. The molecular formula is C13H21N3O3S. The smallest absolute Gasteiger partial charge is 0.126 e. The maximum Gasteiger partial charge on any atom is 0.126 e. The lowest BCUT2D eigenvalue weighted by Crippen LogP contribution is -3.08. The van der Waals surface area contributed by atoms with Crippen molar-refractivity contribution >= 4 is 21.5 Å². The molecule has 7 heteroatoms. The standard InChI is InChI=1S/C7H13N.C6H8N2O3S/c1-4-6-8(3)7-5-2;7-4-1-2-5(8)6(3-4)12(9,10)11/h4-5H,1-2,6-7H2,3H3;1-3H,7-8H2,(H,9,10,11). The van der Waals surface area contributed by atoms with Crippen LogP contribution in [0.1, 0.15) is 0 Å². The largest absolute Gasteiger partial charge is 0.744 e. The highest BCUT2D eigenvalue weighted by Crippen LogP contribution is 2.20. The van der Waals surface area contributed by atoms with Gasteiger partial charge in [0.05, 0.1) is 25.0 Å². The molecule has 0 spiro atoms. The van der Waals surface area contributed by atoms with E-state index < -0.39 is 15.0 Å². The number of anilines is 2. The summed E-state index contributed by atoms with van der Waals surface area (Å²) in [5, 5.41) is 0. The van der Waals surface area contributed by atoms with Gasteiger partial charge in [0.25, 0.3) is 0 Å². The zero-order valence-electron chi connectivity index (χ0n) is 11.5. The van der Waals surface area contributed by atoms with Gasteiger partial charge in [0.15, 0.2) is 0 Å². The van der Waals surface area contributed by atoms with Crippen molar-refractivity contribution in [3.8, 4) is 0 Å². The number of hydrogen-bond acceptors (Lipinski definition) is 5. The number of nitrogens with one attached hydrogen (secondary N) is 1. The third-order valence-corrected chi connectivity index (χ3v) is 3.18. The van der Waals surface area contributed by atoms with Crippen molar-refractivity contribution in [3.63, 3.8) is 0 Å². The molecule has 20 heavy (non-hydrogen) atoms. The van der Waals surface area contributed by atoms with Gasteiger partial charge in [-0.05, 0) is 30.4 Å². The molecule has 0 radical (unpaired) electrons. The van der Waals surface area contributed by atoms with E-state index in [0.29, 0.717) is 0 Å². The van der Waals surface area contributed by atoms with Crippen LogP contribution < -0.4 is 16.4 Å². The predicted octanol–water partition coefficient (Wildman–Crippen LogP) is -0.372. The van der Waals surface area contributed by atoms with Crippen molar-refractivity contribution in [2.24, 2.45) is 0 Å². The molecule has 5 N–H and O–H groups in total. The van der Waals surface area contributed by atoms with Gasteiger partial charge in [-0.1, -0.05) is 13.2 Å². The van der Waals surface area contributed by atoms with Crippen LogP contribution in [-0.4, -0.2) is 33.1 Å². The van der Waals surface area contributed by atoms with Crippen molar-refractivity contribution in [2.75, 3.05) is 31.6 Å².